The van der Waals surface area contributed by atoms with Gasteiger partial charge in [0.2, 0.25) is 0 Å². The summed E-state index contributed by atoms with van der Waals surface area (Å²) in [5.74, 6) is -0.155. The van der Waals surface area contributed by atoms with Crippen LogP contribution in [0.1, 0.15) is 40.5 Å². The molecule has 1 aromatic carbocycles. The van der Waals surface area contributed by atoms with Gasteiger partial charge in [-0.1, -0.05) is 12.1 Å². The number of halogens is 1. The molecule has 40 heavy (non-hydrogen) atoms. The van der Waals surface area contributed by atoms with E-state index in [4.69, 9.17) is 18.0 Å². The number of nitrogens with zero attached hydrogens (tertiary/aromatic N) is 3. The molecule has 1 aliphatic heterocycles. The van der Waals surface area contributed by atoms with E-state index in [0.717, 1.165) is 11.8 Å². The van der Waals surface area contributed by atoms with Crippen molar-refractivity contribution in [3.8, 4) is 11.6 Å². The summed E-state index contributed by atoms with van der Waals surface area (Å²) in [5, 5.41) is 29.6. The number of aliphatic hydroxyl groups is 1. The molecule has 2 aromatic heterocycles. The van der Waals surface area contributed by atoms with Gasteiger partial charge in [-0.2, -0.15) is 9.78 Å². The van der Waals surface area contributed by atoms with Gasteiger partial charge >= 0.3 is 0 Å². The molecule has 5 N–H and O–H groups in total. The molecule has 2 unspecified atom stereocenters. The van der Waals surface area contributed by atoms with E-state index < -0.39 is 17.4 Å². The number of fused-ring (bicyclic) bond motifs is 1. The van der Waals surface area contributed by atoms with Crippen LogP contribution in [-0.4, -0.2) is 71.0 Å². The average molecular weight is 545 g/mol. The van der Waals surface area contributed by atoms with Gasteiger partial charge in [0.05, 0.1) is 11.3 Å². The highest BCUT2D eigenvalue weighted by atomic mass is 19.1. The van der Waals surface area contributed by atoms with E-state index in [2.05, 4.69) is 26.0 Å². The molecule has 0 fully saturated rings. The monoisotopic (exact) mass is 545 g/mol. The normalized spacial score (nSPS) is 16.3. The van der Waals surface area contributed by atoms with Crippen LogP contribution in [0.3, 0.4) is 0 Å². The first-order chi connectivity index (χ1) is 19.1. The molecule has 11 nitrogen and oxygen atoms in total. The van der Waals surface area contributed by atoms with Crippen molar-refractivity contribution in [2.24, 2.45) is 0 Å². The van der Waals surface area contributed by atoms with Crippen LogP contribution < -0.4 is 20.7 Å². The Labute approximate surface area is 231 Å². The van der Waals surface area contributed by atoms with E-state index >= 15 is 0 Å². The van der Waals surface area contributed by atoms with Crippen LogP contribution >= 0.6 is 0 Å². The lowest BCUT2D eigenvalue weighted by molar-refractivity contribution is -0.113. The van der Waals surface area contributed by atoms with Crippen LogP contribution in [-0.2, 0) is 17.6 Å². The summed E-state index contributed by atoms with van der Waals surface area (Å²) in [4.78, 5) is 30.3. The third kappa shape index (κ3) is 6.66. The van der Waals surface area contributed by atoms with E-state index in [-0.39, 0.29) is 29.7 Å². The maximum Gasteiger partial charge on any atom is 0.276 e. The Morgan fingerprint density at radius 2 is 2.20 bits per heavy atom. The predicted octanol–water partition coefficient (Wildman–Crippen LogP) is 2.34. The van der Waals surface area contributed by atoms with Gasteiger partial charge in [0.1, 0.15) is 37.7 Å². The Bertz CT molecular complexity index is 1430. The Balaban J connectivity index is 1.56. The number of ether oxygens (including phenoxy) is 1. The third-order valence-electron chi connectivity index (χ3n) is 6.19. The van der Waals surface area contributed by atoms with Gasteiger partial charge in [0.15, 0.2) is 11.6 Å². The molecular weight excluding hydrogens is 516 g/mol. The van der Waals surface area contributed by atoms with Crippen LogP contribution in [0.15, 0.2) is 54.6 Å². The second-order valence-electron chi connectivity index (χ2n) is 9.55. The molecule has 0 bridgehead atoms. The highest BCUT2D eigenvalue weighted by molar-refractivity contribution is 6.14. The van der Waals surface area contributed by atoms with Gasteiger partial charge in [-0.15, -0.1) is 0 Å². The lowest BCUT2D eigenvalue weighted by atomic mass is 9.87. The van der Waals surface area contributed by atoms with Crippen molar-refractivity contribution in [2.75, 3.05) is 19.0 Å². The fourth-order valence-electron chi connectivity index (χ4n) is 4.22. The highest BCUT2D eigenvalue weighted by Crippen LogP contribution is 2.29. The number of aliphatic hydroxyl groups excluding tert-OH is 1. The fourth-order valence-corrected chi connectivity index (χ4v) is 4.22. The van der Waals surface area contributed by atoms with E-state index in [1.807, 2.05) is 18.2 Å². The van der Waals surface area contributed by atoms with Crippen LogP contribution in [0.5, 0.6) is 5.75 Å². The van der Waals surface area contributed by atoms with E-state index in [9.17, 15) is 19.1 Å². The summed E-state index contributed by atoms with van der Waals surface area (Å²) in [5.41, 5.74) is 0.130. The van der Waals surface area contributed by atoms with Crippen LogP contribution in [0.2, 0.25) is 0 Å². The molecule has 3 aromatic rings. The molecule has 0 saturated heterocycles. The van der Waals surface area contributed by atoms with Gasteiger partial charge in [0, 0.05) is 37.5 Å². The Hall–Kier alpha value is -4.68. The number of hydrogen-bond donors (Lipinski definition) is 5. The number of carbonyl (C=O) groups is 2. The van der Waals surface area contributed by atoms with Crippen LogP contribution in [0.25, 0.3) is 5.82 Å². The minimum atomic E-state index is -1.94. The molecule has 0 saturated carbocycles. The van der Waals surface area contributed by atoms with Crippen molar-refractivity contribution in [3.63, 3.8) is 0 Å². The zero-order valence-corrected chi connectivity index (χ0v) is 22.1. The van der Waals surface area contributed by atoms with E-state index in [0.29, 0.717) is 48.3 Å². The molecule has 0 spiro atoms. The number of likely N-dealkylation sites (N-methyl/N-ethyl adjacent to an activating group) is 1. The van der Waals surface area contributed by atoms with Crippen LogP contribution in [0, 0.1) is 5.41 Å². The number of benzene rings is 1. The highest BCUT2D eigenvalue weighted by Gasteiger charge is 2.33. The van der Waals surface area contributed by atoms with Gasteiger partial charge in [-0.25, -0.2) is 4.98 Å². The summed E-state index contributed by atoms with van der Waals surface area (Å²) >= 11 is 0. The molecule has 1 aliphatic rings. The van der Waals surface area contributed by atoms with Gasteiger partial charge in [-0.05, 0) is 49.6 Å². The number of hydrogen-bond acceptors (Lipinski definition) is 8. The minimum Gasteiger partial charge on any atom is -0.513 e. The molecule has 206 valence electrons. The smallest absolute Gasteiger partial charge is 0.276 e. The minimum absolute atomic E-state index is 0.102. The first-order valence-electron chi connectivity index (χ1n) is 12.5. The quantitative estimate of drug-likeness (QED) is 0.107. The summed E-state index contributed by atoms with van der Waals surface area (Å²) in [6.45, 7) is 0.960. The number of rotatable bonds is 11. The van der Waals surface area contributed by atoms with Crippen molar-refractivity contribution in [2.45, 2.75) is 37.8 Å². The Kier molecular flexibility index (Phi) is 8.51. The number of carbonyl (C=O) groups excluding carboxylic acids is 2. The fraction of sp³-hybridized carbons (Fsp3) is 0.296. The maximum absolute atomic E-state index is 13.6. The molecule has 2 radical (unpaired) electrons. The number of anilines is 1. The van der Waals surface area contributed by atoms with Gasteiger partial charge in [0.25, 0.3) is 11.8 Å². The summed E-state index contributed by atoms with van der Waals surface area (Å²) in [6, 6.07) is 10.3. The predicted molar refractivity (Wildman–Crippen MR) is 148 cm³/mol. The second-order valence-corrected chi connectivity index (χ2v) is 9.55. The van der Waals surface area contributed by atoms with Crippen molar-refractivity contribution in [1.82, 2.24) is 25.4 Å². The maximum atomic E-state index is 13.6. The zero-order valence-electron chi connectivity index (χ0n) is 22.1. The lowest BCUT2D eigenvalue weighted by Crippen LogP contribution is -2.41. The standard InChI is InChI=1S/C27H29BFN7O4/c1-27(28,29)15-40-19-5-3-4-16(10-19)6-8-18-11-20-23(26(39)33-18)24(34-25(38)21(14-37)31-2)36(35-20)22-9-7-17(12-30)13-32-22/h3-5,7,9-10,12-14,18,30-31,37H,6,8,11,15H2,1-2H3,(H,33,39)(H,34,38)/b21-14-,30-12?. The number of aryl methyl sites for hydroxylation is 1. The number of aromatic nitrogens is 3. The van der Waals surface area contributed by atoms with Crippen molar-refractivity contribution in [3.05, 3.63) is 76.9 Å². The summed E-state index contributed by atoms with van der Waals surface area (Å²) in [6.07, 6.45) is 4.84. The zero-order chi connectivity index (χ0) is 28.9. The molecule has 2 atom stereocenters. The van der Waals surface area contributed by atoms with Crippen molar-refractivity contribution >= 4 is 31.7 Å². The van der Waals surface area contributed by atoms with Crippen molar-refractivity contribution in [1.29, 1.82) is 5.41 Å². The number of amides is 2. The van der Waals surface area contributed by atoms with Gasteiger partial charge in [-0.3, -0.25) is 14.0 Å². The SMILES string of the molecule is [B]C(C)(F)COc1cccc(CCC2Cc3nn(-c4ccc(C=N)cn4)c(NC(=O)/C(=C/O)NC)c3C(=O)N2)c1. The number of pyridine rings is 1. The summed E-state index contributed by atoms with van der Waals surface area (Å²) < 4.78 is 20.4. The Morgan fingerprint density at radius 3 is 2.85 bits per heavy atom. The topological polar surface area (TPSA) is 154 Å². The Morgan fingerprint density at radius 1 is 1.40 bits per heavy atom. The third-order valence-corrected chi connectivity index (χ3v) is 6.19. The second kappa shape index (κ2) is 12.0. The van der Waals surface area contributed by atoms with E-state index in [1.165, 1.54) is 24.9 Å². The first kappa shape index (κ1) is 28.3. The molecule has 3 heterocycles. The summed E-state index contributed by atoms with van der Waals surface area (Å²) in [7, 11) is 6.83. The number of nitrogens with one attached hydrogen (secondary N) is 4. The first-order valence-corrected chi connectivity index (χ1v) is 12.5. The molecule has 2 amide bonds. The number of alkyl halides is 1. The molecule has 4 rings (SSSR count). The van der Waals surface area contributed by atoms with Gasteiger partial charge < -0.3 is 31.2 Å². The lowest BCUT2D eigenvalue weighted by Gasteiger charge is -2.23. The molecule has 0 aliphatic carbocycles. The molecular formula is C27H29BFN7O4. The van der Waals surface area contributed by atoms with Crippen LogP contribution in [0.4, 0.5) is 10.2 Å². The average Bonchev–Trinajstić information content (AvgIpc) is 3.29. The largest absolute Gasteiger partial charge is 0.513 e. The van der Waals surface area contributed by atoms with Crippen molar-refractivity contribution < 1.29 is 23.8 Å². The van der Waals surface area contributed by atoms with E-state index in [1.54, 1.807) is 18.2 Å². The molecule has 13 heteroatoms.